The van der Waals surface area contributed by atoms with Crippen LogP contribution in [0.15, 0.2) is 18.2 Å². The molecule has 5 heteroatoms. The molecule has 2 fully saturated rings. The summed E-state index contributed by atoms with van der Waals surface area (Å²) in [5, 5.41) is 9.75. The number of carbonyl (C=O) groups excluding carboxylic acids is 1. The number of hydrogen-bond acceptors (Lipinski definition) is 3. The predicted octanol–water partition coefficient (Wildman–Crippen LogP) is 2.62. The minimum absolute atomic E-state index is 0.0929. The van der Waals surface area contributed by atoms with E-state index >= 15 is 0 Å². The van der Waals surface area contributed by atoms with Gasteiger partial charge in [-0.1, -0.05) is 18.2 Å². The number of hydrogen-bond donors (Lipinski definition) is 1. The first kappa shape index (κ1) is 17.9. The van der Waals surface area contributed by atoms with Crippen LogP contribution in [0.3, 0.4) is 0 Å². The van der Waals surface area contributed by atoms with Crippen molar-refractivity contribution in [2.75, 3.05) is 26.7 Å². The van der Waals surface area contributed by atoms with Gasteiger partial charge in [-0.15, -0.1) is 0 Å². The van der Waals surface area contributed by atoms with E-state index < -0.39 is 11.9 Å². The van der Waals surface area contributed by atoms with Crippen LogP contribution in [0, 0.1) is 25.7 Å². The van der Waals surface area contributed by atoms with Gasteiger partial charge in [0, 0.05) is 19.5 Å². The van der Waals surface area contributed by atoms with E-state index in [4.69, 9.17) is 0 Å². The Bertz CT molecular complexity index is 673. The van der Waals surface area contributed by atoms with Crippen LogP contribution in [0.2, 0.25) is 0 Å². The lowest BCUT2D eigenvalue weighted by Crippen LogP contribution is -2.47. The third-order valence-electron chi connectivity index (χ3n) is 5.84. The zero-order valence-electron chi connectivity index (χ0n) is 15.4. The number of carbonyl (C=O) groups is 2. The van der Waals surface area contributed by atoms with E-state index in [-0.39, 0.29) is 11.9 Å². The highest BCUT2D eigenvalue weighted by molar-refractivity contribution is 5.81. The second-order valence-corrected chi connectivity index (χ2v) is 7.73. The number of carboxylic acids is 1. The molecule has 2 aliphatic heterocycles. The van der Waals surface area contributed by atoms with Crippen molar-refractivity contribution in [3.05, 3.63) is 34.9 Å². The lowest BCUT2D eigenvalue weighted by Gasteiger charge is -2.41. The van der Waals surface area contributed by atoms with Crippen LogP contribution < -0.4 is 0 Å². The van der Waals surface area contributed by atoms with Gasteiger partial charge in [0.15, 0.2) is 0 Å². The van der Waals surface area contributed by atoms with Crippen molar-refractivity contribution in [1.29, 1.82) is 0 Å². The maximum absolute atomic E-state index is 12.7. The van der Waals surface area contributed by atoms with Gasteiger partial charge in [0.2, 0.25) is 5.91 Å². The second-order valence-electron chi connectivity index (χ2n) is 7.73. The average Bonchev–Trinajstić information content (AvgIpc) is 2.97. The summed E-state index contributed by atoms with van der Waals surface area (Å²) in [6.45, 7) is 6.76. The Morgan fingerprint density at radius 2 is 2.00 bits per heavy atom. The third kappa shape index (κ3) is 3.71. The largest absolute Gasteiger partial charge is 0.481 e. The van der Waals surface area contributed by atoms with E-state index in [1.807, 2.05) is 30.9 Å². The Kier molecular flexibility index (Phi) is 5.13. The molecule has 0 radical (unpaired) electrons. The van der Waals surface area contributed by atoms with Crippen LogP contribution in [-0.4, -0.2) is 53.5 Å². The van der Waals surface area contributed by atoms with E-state index in [0.717, 1.165) is 30.6 Å². The van der Waals surface area contributed by atoms with Crippen molar-refractivity contribution in [1.82, 2.24) is 9.80 Å². The van der Waals surface area contributed by atoms with Crippen molar-refractivity contribution >= 4 is 11.9 Å². The third-order valence-corrected chi connectivity index (χ3v) is 5.84. The summed E-state index contributed by atoms with van der Waals surface area (Å²) in [6.07, 6.45) is 1.82. The molecule has 1 aromatic rings. The number of amides is 1. The van der Waals surface area contributed by atoms with Crippen LogP contribution in [0.4, 0.5) is 0 Å². The summed E-state index contributed by atoms with van der Waals surface area (Å²) in [4.78, 5) is 28.7. The summed E-state index contributed by atoms with van der Waals surface area (Å²) in [5.74, 6) is -0.811. The molecule has 136 valence electrons. The standard InChI is InChI=1S/C20H28N2O3/c1-13-4-5-16(10-14(13)2)19-17(20(24)25)6-7-18(23)22(19)12-15-8-9-21(3)11-15/h4-5,10,15,17,19H,6-9,11-12H2,1-3H3,(H,24,25)/t15-,17+,19+/m0/s1. The number of benzene rings is 1. The van der Waals surface area contributed by atoms with Crippen molar-refractivity contribution in [2.24, 2.45) is 11.8 Å². The second kappa shape index (κ2) is 7.16. The Balaban J connectivity index is 1.93. The van der Waals surface area contributed by atoms with Gasteiger partial charge in [0.25, 0.3) is 0 Å². The molecule has 3 atom stereocenters. The monoisotopic (exact) mass is 344 g/mol. The number of rotatable bonds is 4. The molecule has 0 aliphatic carbocycles. The number of likely N-dealkylation sites (tertiary alicyclic amines) is 2. The fourth-order valence-electron chi connectivity index (χ4n) is 4.24. The molecule has 1 aromatic carbocycles. The van der Waals surface area contributed by atoms with Crippen molar-refractivity contribution in [3.63, 3.8) is 0 Å². The molecular weight excluding hydrogens is 316 g/mol. The SMILES string of the molecule is Cc1ccc([C@@H]2[C@H](C(=O)O)CCC(=O)N2C[C@H]2CCN(C)C2)cc1C. The van der Waals surface area contributed by atoms with Gasteiger partial charge in [-0.3, -0.25) is 9.59 Å². The molecule has 1 amide bonds. The van der Waals surface area contributed by atoms with Crippen molar-refractivity contribution in [3.8, 4) is 0 Å². The molecule has 2 saturated heterocycles. The minimum Gasteiger partial charge on any atom is -0.481 e. The number of aliphatic carboxylic acids is 1. The van der Waals surface area contributed by atoms with Crippen LogP contribution in [-0.2, 0) is 9.59 Å². The van der Waals surface area contributed by atoms with Crippen molar-refractivity contribution in [2.45, 2.75) is 39.2 Å². The molecule has 3 rings (SSSR count). The molecule has 5 nitrogen and oxygen atoms in total. The maximum Gasteiger partial charge on any atom is 0.308 e. The van der Waals surface area contributed by atoms with E-state index in [0.29, 0.717) is 25.3 Å². The maximum atomic E-state index is 12.7. The summed E-state index contributed by atoms with van der Waals surface area (Å²) in [5.41, 5.74) is 3.27. The fourth-order valence-corrected chi connectivity index (χ4v) is 4.24. The summed E-state index contributed by atoms with van der Waals surface area (Å²) >= 11 is 0. The molecular formula is C20H28N2O3. The van der Waals surface area contributed by atoms with Crippen molar-refractivity contribution < 1.29 is 14.7 Å². The molecule has 0 unspecified atom stereocenters. The number of piperidine rings is 1. The Morgan fingerprint density at radius 1 is 1.24 bits per heavy atom. The Hall–Kier alpha value is -1.88. The van der Waals surface area contributed by atoms with Gasteiger partial charge >= 0.3 is 5.97 Å². The van der Waals surface area contributed by atoms with E-state index in [1.54, 1.807) is 0 Å². The van der Waals surface area contributed by atoms with E-state index in [9.17, 15) is 14.7 Å². The molecule has 0 bridgehead atoms. The summed E-state index contributed by atoms with van der Waals surface area (Å²) in [7, 11) is 2.10. The Morgan fingerprint density at radius 3 is 2.60 bits per heavy atom. The molecule has 1 N–H and O–H groups in total. The summed E-state index contributed by atoms with van der Waals surface area (Å²) in [6, 6.07) is 5.73. The highest BCUT2D eigenvalue weighted by atomic mass is 16.4. The first-order chi connectivity index (χ1) is 11.9. The van der Waals surface area contributed by atoms with Crippen LogP contribution >= 0.6 is 0 Å². The van der Waals surface area contributed by atoms with Gasteiger partial charge < -0.3 is 14.9 Å². The number of carboxylic acid groups (broad SMARTS) is 1. The zero-order chi connectivity index (χ0) is 18.1. The average molecular weight is 344 g/mol. The van der Waals surface area contributed by atoms with Gasteiger partial charge in [0.05, 0.1) is 12.0 Å². The zero-order valence-corrected chi connectivity index (χ0v) is 15.4. The molecule has 2 heterocycles. The first-order valence-electron chi connectivity index (χ1n) is 9.14. The lowest BCUT2D eigenvalue weighted by atomic mass is 9.83. The molecule has 0 saturated carbocycles. The van der Waals surface area contributed by atoms with E-state index in [2.05, 4.69) is 18.0 Å². The minimum atomic E-state index is -0.802. The van der Waals surface area contributed by atoms with Gasteiger partial charge in [0.1, 0.15) is 0 Å². The lowest BCUT2D eigenvalue weighted by molar-refractivity contribution is -0.152. The smallest absolute Gasteiger partial charge is 0.308 e. The summed E-state index contributed by atoms with van der Waals surface area (Å²) < 4.78 is 0. The van der Waals surface area contributed by atoms with Crippen LogP contribution in [0.25, 0.3) is 0 Å². The van der Waals surface area contributed by atoms with Crippen LogP contribution in [0.5, 0.6) is 0 Å². The highest BCUT2D eigenvalue weighted by Crippen LogP contribution is 2.38. The highest BCUT2D eigenvalue weighted by Gasteiger charge is 2.41. The van der Waals surface area contributed by atoms with Gasteiger partial charge in [-0.25, -0.2) is 0 Å². The Labute approximate surface area is 149 Å². The van der Waals surface area contributed by atoms with Crippen LogP contribution in [0.1, 0.15) is 42.0 Å². The number of aryl methyl sites for hydroxylation is 2. The quantitative estimate of drug-likeness (QED) is 0.912. The number of nitrogens with zero attached hydrogens (tertiary/aromatic N) is 2. The molecule has 0 spiro atoms. The van der Waals surface area contributed by atoms with E-state index in [1.165, 1.54) is 5.56 Å². The topological polar surface area (TPSA) is 60.9 Å². The van der Waals surface area contributed by atoms with Gasteiger partial charge in [-0.2, -0.15) is 0 Å². The first-order valence-corrected chi connectivity index (χ1v) is 9.14. The van der Waals surface area contributed by atoms with Gasteiger partial charge in [-0.05, 0) is 62.9 Å². The fraction of sp³-hybridized carbons (Fsp3) is 0.600. The normalized spacial score (nSPS) is 27.7. The molecule has 2 aliphatic rings. The predicted molar refractivity (Wildman–Crippen MR) is 96.3 cm³/mol. The molecule has 0 aromatic heterocycles. The molecule has 25 heavy (non-hydrogen) atoms.